The van der Waals surface area contributed by atoms with Crippen molar-refractivity contribution in [3.05, 3.63) is 132 Å². The van der Waals surface area contributed by atoms with Crippen LogP contribution in [0.5, 0.6) is 5.75 Å². The third-order valence-electron chi connectivity index (χ3n) is 5.75. The lowest BCUT2D eigenvalue weighted by molar-refractivity contribution is -0.113. The molecule has 1 aliphatic rings. The summed E-state index contributed by atoms with van der Waals surface area (Å²) in [6.07, 6.45) is 1.64. The standard InChI is InChI=1S/C29H24N4O2S/c34-28(31-24-13-7-8-18-30-24)25-26(21-11-5-2-6-12-21)32-29(36)33-27(25)22-14-16-23(17-15-22)35-19-20-9-3-1-4-10-20/h1-18,27H,19H2,(H,30,31,34)(H2,32,33,36)/t27-/m1/s1. The first-order chi connectivity index (χ1) is 17.7. The van der Waals surface area contributed by atoms with Crippen molar-refractivity contribution in [2.24, 2.45) is 0 Å². The van der Waals surface area contributed by atoms with Gasteiger partial charge in [0.25, 0.3) is 5.91 Å². The Hall–Kier alpha value is -4.49. The van der Waals surface area contributed by atoms with E-state index in [-0.39, 0.29) is 5.91 Å². The fourth-order valence-electron chi connectivity index (χ4n) is 4.01. The minimum atomic E-state index is -0.471. The molecular weight excluding hydrogens is 468 g/mol. The largest absolute Gasteiger partial charge is 0.489 e. The Balaban J connectivity index is 1.47. The summed E-state index contributed by atoms with van der Waals surface area (Å²) in [7, 11) is 0. The molecule has 1 aromatic heterocycles. The van der Waals surface area contributed by atoms with Crippen molar-refractivity contribution in [3.63, 3.8) is 0 Å². The highest BCUT2D eigenvalue weighted by molar-refractivity contribution is 7.80. The minimum Gasteiger partial charge on any atom is -0.489 e. The fourth-order valence-corrected chi connectivity index (χ4v) is 4.23. The van der Waals surface area contributed by atoms with E-state index in [9.17, 15) is 4.79 Å². The number of ether oxygens (including phenoxy) is 1. The lowest BCUT2D eigenvalue weighted by Gasteiger charge is -2.31. The number of hydrogen-bond acceptors (Lipinski definition) is 4. The van der Waals surface area contributed by atoms with Crippen LogP contribution >= 0.6 is 12.2 Å². The van der Waals surface area contributed by atoms with E-state index >= 15 is 0 Å². The molecule has 1 atom stereocenters. The third-order valence-corrected chi connectivity index (χ3v) is 5.97. The molecule has 0 fully saturated rings. The second-order valence-corrected chi connectivity index (χ2v) is 8.61. The summed E-state index contributed by atoms with van der Waals surface area (Å²) >= 11 is 5.53. The Morgan fingerprint density at radius 3 is 2.28 bits per heavy atom. The molecule has 5 rings (SSSR count). The maximum Gasteiger partial charge on any atom is 0.257 e. The first-order valence-corrected chi connectivity index (χ1v) is 11.9. The Labute approximate surface area is 215 Å². The Bertz CT molecular complexity index is 1380. The number of nitrogens with zero attached hydrogens (tertiary/aromatic N) is 1. The van der Waals surface area contributed by atoms with Crippen LogP contribution in [0, 0.1) is 0 Å². The zero-order chi connectivity index (χ0) is 24.7. The van der Waals surface area contributed by atoms with Crippen LogP contribution in [-0.2, 0) is 11.4 Å². The highest BCUT2D eigenvalue weighted by atomic mass is 32.1. The monoisotopic (exact) mass is 492 g/mol. The van der Waals surface area contributed by atoms with Gasteiger partial charge < -0.3 is 20.7 Å². The SMILES string of the molecule is O=C(Nc1ccccn1)C1=C(c2ccccc2)NC(=S)N[C@@H]1c1ccc(OCc2ccccc2)cc1. The van der Waals surface area contributed by atoms with Crippen LogP contribution in [0.2, 0.25) is 0 Å². The molecule has 36 heavy (non-hydrogen) atoms. The zero-order valence-electron chi connectivity index (χ0n) is 19.3. The molecule has 0 radical (unpaired) electrons. The van der Waals surface area contributed by atoms with Crippen LogP contribution < -0.4 is 20.7 Å². The second kappa shape index (κ2) is 10.8. The summed E-state index contributed by atoms with van der Waals surface area (Å²) in [5, 5.41) is 9.82. The van der Waals surface area contributed by atoms with Crippen LogP contribution in [0.15, 0.2) is 115 Å². The van der Waals surface area contributed by atoms with E-state index in [1.165, 1.54) is 0 Å². The first-order valence-electron chi connectivity index (χ1n) is 11.5. The van der Waals surface area contributed by atoms with E-state index in [4.69, 9.17) is 17.0 Å². The van der Waals surface area contributed by atoms with Crippen molar-refractivity contribution in [3.8, 4) is 5.75 Å². The van der Waals surface area contributed by atoms with Crippen LogP contribution in [0.1, 0.15) is 22.7 Å². The van der Waals surface area contributed by atoms with Gasteiger partial charge in [0.15, 0.2) is 5.11 Å². The molecule has 3 N–H and O–H groups in total. The summed E-state index contributed by atoms with van der Waals surface area (Å²) < 4.78 is 5.94. The number of rotatable bonds is 7. The molecule has 0 unspecified atom stereocenters. The predicted molar refractivity (Wildman–Crippen MR) is 145 cm³/mol. The molecule has 1 aliphatic heterocycles. The fraction of sp³-hybridized carbons (Fsp3) is 0.0690. The van der Waals surface area contributed by atoms with Crippen LogP contribution in [-0.4, -0.2) is 16.0 Å². The molecular formula is C29H24N4O2S. The van der Waals surface area contributed by atoms with Crippen molar-refractivity contribution >= 4 is 34.8 Å². The van der Waals surface area contributed by atoms with Crippen LogP contribution in [0.4, 0.5) is 5.82 Å². The number of nitrogens with one attached hydrogen (secondary N) is 3. The lowest BCUT2D eigenvalue weighted by atomic mass is 9.92. The number of amides is 1. The topological polar surface area (TPSA) is 75.3 Å². The molecule has 6 nitrogen and oxygen atoms in total. The first kappa shape index (κ1) is 23.3. The number of anilines is 1. The molecule has 4 aromatic rings. The Morgan fingerprint density at radius 1 is 0.889 bits per heavy atom. The maximum atomic E-state index is 13.6. The molecule has 1 amide bonds. The molecule has 2 heterocycles. The number of hydrogen-bond donors (Lipinski definition) is 3. The number of thiocarbonyl (C=S) groups is 1. The molecule has 0 bridgehead atoms. The predicted octanol–water partition coefficient (Wildman–Crippen LogP) is 5.23. The number of pyridine rings is 1. The molecule has 7 heteroatoms. The molecule has 3 aromatic carbocycles. The highest BCUT2D eigenvalue weighted by Crippen LogP contribution is 2.32. The van der Waals surface area contributed by atoms with E-state index in [0.29, 0.717) is 28.8 Å². The highest BCUT2D eigenvalue weighted by Gasteiger charge is 2.32. The summed E-state index contributed by atoms with van der Waals surface area (Å²) in [5.74, 6) is 0.939. The van der Waals surface area contributed by atoms with Gasteiger partial charge in [-0.15, -0.1) is 0 Å². The van der Waals surface area contributed by atoms with Crippen LogP contribution in [0.3, 0.4) is 0 Å². The quantitative estimate of drug-likeness (QED) is 0.307. The molecule has 0 spiro atoms. The van der Waals surface area contributed by atoms with Gasteiger partial charge >= 0.3 is 0 Å². The van der Waals surface area contributed by atoms with E-state index < -0.39 is 6.04 Å². The molecule has 0 saturated heterocycles. The average Bonchev–Trinajstić information content (AvgIpc) is 2.93. The van der Waals surface area contributed by atoms with Gasteiger partial charge in [-0.3, -0.25) is 4.79 Å². The molecule has 0 aliphatic carbocycles. The van der Waals surface area contributed by atoms with Crippen molar-refractivity contribution in [2.45, 2.75) is 12.6 Å². The van der Waals surface area contributed by atoms with Gasteiger partial charge in [0.2, 0.25) is 0 Å². The normalized spacial score (nSPS) is 15.0. The van der Waals surface area contributed by atoms with Crippen molar-refractivity contribution in [1.29, 1.82) is 0 Å². The Kier molecular flexibility index (Phi) is 7.00. The van der Waals surface area contributed by atoms with Crippen molar-refractivity contribution in [2.75, 3.05) is 5.32 Å². The minimum absolute atomic E-state index is 0.274. The van der Waals surface area contributed by atoms with Gasteiger partial charge in [-0.25, -0.2) is 4.98 Å². The van der Waals surface area contributed by atoms with Gasteiger partial charge in [0, 0.05) is 6.20 Å². The Morgan fingerprint density at radius 2 is 1.58 bits per heavy atom. The number of carbonyl (C=O) groups is 1. The van der Waals surface area contributed by atoms with Gasteiger partial charge in [-0.05, 0) is 53.2 Å². The van der Waals surface area contributed by atoms with Gasteiger partial charge in [-0.1, -0.05) is 78.9 Å². The van der Waals surface area contributed by atoms with Gasteiger partial charge in [-0.2, -0.15) is 0 Å². The smallest absolute Gasteiger partial charge is 0.257 e. The van der Waals surface area contributed by atoms with E-state index in [2.05, 4.69) is 20.9 Å². The second-order valence-electron chi connectivity index (χ2n) is 8.20. The van der Waals surface area contributed by atoms with Gasteiger partial charge in [0.05, 0.1) is 17.3 Å². The summed E-state index contributed by atoms with van der Waals surface area (Å²) in [5.41, 5.74) is 4.00. The summed E-state index contributed by atoms with van der Waals surface area (Å²) in [4.78, 5) is 17.9. The van der Waals surface area contributed by atoms with Crippen molar-refractivity contribution in [1.82, 2.24) is 15.6 Å². The number of aromatic nitrogens is 1. The van der Waals surface area contributed by atoms with Crippen molar-refractivity contribution < 1.29 is 9.53 Å². The molecule has 178 valence electrons. The summed E-state index contributed by atoms with van der Waals surface area (Å²) in [6.45, 7) is 0.478. The lowest BCUT2D eigenvalue weighted by Crippen LogP contribution is -2.45. The number of benzene rings is 3. The van der Waals surface area contributed by atoms with E-state index in [1.807, 2.05) is 91.0 Å². The maximum absolute atomic E-state index is 13.6. The van der Waals surface area contributed by atoms with Crippen LogP contribution in [0.25, 0.3) is 5.70 Å². The molecule has 0 saturated carbocycles. The summed E-state index contributed by atoms with van der Waals surface area (Å²) in [6, 6.07) is 32.3. The zero-order valence-corrected chi connectivity index (χ0v) is 20.2. The van der Waals surface area contributed by atoms with E-state index in [1.54, 1.807) is 18.3 Å². The third kappa shape index (κ3) is 5.42. The van der Waals surface area contributed by atoms with Gasteiger partial charge in [0.1, 0.15) is 18.2 Å². The van der Waals surface area contributed by atoms with E-state index in [0.717, 1.165) is 22.4 Å². The average molecular weight is 493 g/mol. The number of carbonyl (C=O) groups excluding carboxylic acids is 1.